The molecule has 0 radical (unpaired) electrons. The summed E-state index contributed by atoms with van der Waals surface area (Å²) in [6, 6.07) is 20.4. The minimum atomic E-state index is -1.11. The first kappa shape index (κ1) is 14.5. The molecule has 0 aliphatic carbocycles. The van der Waals surface area contributed by atoms with Crippen molar-refractivity contribution < 1.29 is 0 Å². The summed E-state index contributed by atoms with van der Waals surface area (Å²) in [4.78, 5) is 2.71. The minimum absolute atomic E-state index is 0.433. The first-order valence-electron chi connectivity index (χ1n) is 7.91. The van der Waals surface area contributed by atoms with Crippen molar-refractivity contribution in [2.45, 2.75) is 32.1 Å². The van der Waals surface area contributed by atoms with Gasteiger partial charge in [0.05, 0.1) is 14.1 Å². The molecule has 0 saturated heterocycles. The summed E-state index contributed by atoms with van der Waals surface area (Å²) in [5.41, 5.74) is 4.47. The van der Waals surface area contributed by atoms with Crippen molar-refractivity contribution in [3.63, 3.8) is 0 Å². The molecule has 0 fully saturated rings. The highest BCUT2D eigenvalue weighted by molar-refractivity contribution is 6.76. The van der Waals surface area contributed by atoms with E-state index in [0.29, 0.717) is 6.04 Å². The predicted molar refractivity (Wildman–Crippen MR) is 93.4 cm³/mol. The Bertz CT molecular complexity index is 600. The van der Waals surface area contributed by atoms with Crippen LogP contribution in [0.25, 0.3) is 0 Å². The van der Waals surface area contributed by atoms with Crippen molar-refractivity contribution in [1.82, 2.24) is 4.90 Å². The Hall–Kier alpha value is -1.38. The molecule has 1 aliphatic rings. The third-order valence-corrected chi connectivity index (χ3v) is 5.53. The second kappa shape index (κ2) is 5.78. The van der Waals surface area contributed by atoms with Gasteiger partial charge in [0.1, 0.15) is 0 Å². The molecule has 2 aromatic carbocycles. The molecule has 0 aromatic heterocycles. The molecule has 1 nitrogen and oxygen atoms in total. The van der Waals surface area contributed by atoms with Crippen molar-refractivity contribution in [1.29, 1.82) is 0 Å². The van der Waals surface area contributed by atoms with Crippen molar-refractivity contribution in [2.75, 3.05) is 12.7 Å². The van der Waals surface area contributed by atoms with Crippen LogP contribution in [-0.4, -0.2) is 25.7 Å². The molecule has 1 atom stereocenters. The molecule has 2 heteroatoms. The zero-order valence-electron chi connectivity index (χ0n) is 13.3. The lowest BCUT2D eigenvalue weighted by Gasteiger charge is -2.40. The highest BCUT2D eigenvalue weighted by atomic mass is 28.3. The van der Waals surface area contributed by atoms with E-state index < -0.39 is 8.07 Å². The molecule has 3 rings (SSSR count). The van der Waals surface area contributed by atoms with Crippen LogP contribution in [-0.2, 0) is 6.42 Å². The first-order chi connectivity index (χ1) is 10.0. The fourth-order valence-electron chi connectivity index (χ4n) is 3.42. The van der Waals surface area contributed by atoms with Gasteiger partial charge in [0.2, 0.25) is 0 Å². The number of fused-ring (bicyclic) bond motifs is 1. The third-order valence-electron chi connectivity index (χ3n) is 4.18. The number of nitrogens with zero attached hydrogens (tertiary/aromatic N) is 1. The van der Waals surface area contributed by atoms with Gasteiger partial charge in [0.25, 0.3) is 0 Å². The quantitative estimate of drug-likeness (QED) is 0.753. The van der Waals surface area contributed by atoms with E-state index in [4.69, 9.17) is 0 Å². The number of hydrogen-bond acceptors (Lipinski definition) is 1. The molecule has 110 valence electrons. The summed E-state index contributed by atoms with van der Waals surface area (Å²) in [6.45, 7) is 8.58. The van der Waals surface area contributed by atoms with Crippen molar-refractivity contribution in [3.05, 3.63) is 71.3 Å². The van der Waals surface area contributed by atoms with Gasteiger partial charge < -0.3 is 0 Å². The van der Waals surface area contributed by atoms with Crippen LogP contribution >= 0.6 is 0 Å². The van der Waals surface area contributed by atoms with E-state index in [1.807, 2.05) is 0 Å². The maximum absolute atomic E-state index is 2.71. The lowest BCUT2D eigenvalue weighted by atomic mass is 9.89. The van der Waals surface area contributed by atoms with Gasteiger partial charge in [-0.1, -0.05) is 74.2 Å². The maximum Gasteiger partial charge on any atom is 0.0602 e. The lowest BCUT2D eigenvalue weighted by Crippen LogP contribution is -2.45. The molecule has 2 aromatic rings. The minimum Gasteiger partial charge on any atom is -0.295 e. The maximum atomic E-state index is 2.71. The van der Waals surface area contributed by atoms with E-state index in [9.17, 15) is 0 Å². The van der Waals surface area contributed by atoms with Gasteiger partial charge in [-0.3, -0.25) is 4.90 Å². The monoisotopic (exact) mass is 295 g/mol. The van der Waals surface area contributed by atoms with E-state index in [1.54, 1.807) is 0 Å². The second-order valence-corrected chi connectivity index (χ2v) is 12.7. The highest BCUT2D eigenvalue weighted by Crippen LogP contribution is 2.35. The van der Waals surface area contributed by atoms with E-state index in [-0.39, 0.29) is 0 Å². The van der Waals surface area contributed by atoms with Crippen molar-refractivity contribution >= 4 is 8.07 Å². The van der Waals surface area contributed by atoms with Crippen LogP contribution < -0.4 is 0 Å². The SMILES string of the molecule is C[Si](C)(C)CN1CCc2ccccc2[C@H]1c1ccccc1. The average Bonchev–Trinajstić information content (AvgIpc) is 2.46. The van der Waals surface area contributed by atoms with Crippen LogP contribution in [0.4, 0.5) is 0 Å². The Morgan fingerprint density at radius 3 is 2.33 bits per heavy atom. The molecule has 0 saturated carbocycles. The summed E-state index contributed by atoms with van der Waals surface area (Å²) < 4.78 is 0. The summed E-state index contributed by atoms with van der Waals surface area (Å²) in [7, 11) is -1.11. The summed E-state index contributed by atoms with van der Waals surface area (Å²) in [5, 5.41) is 0. The predicted octanol–water partition coefficient (Wildman–Crippen LogP) is 4.51. The van der Waals surface area contributed by atoms with Gasteiger partial charge in [-0.2, -0.15) is 0 Å². The summed E-state index contributed by atoms with van der Waals surface area (Å²) in [6.07, 6.45) is 2.45. The van der Waals surface area contributed by atoms with E-state index in [0.717, 1.165) is 0 Å². The van der Waals surface area contributed by atoms with Gasteiger partial charge in [-0.25, -0.2) is 0 Å². The number of rotatable bonds is 3. The van der Waals surface area contributed by atoms with Gasteiger partial charge in [0.15, 0.2) is 0 Å². The molecule has 1 aliphatic heterocycles. The Labute approximate surface area is 129 Å². The zero-order valence-corrected chi connectivity index (χ0v) is 14.3. The number of benzene rings is 2. The highest BCUT2D eigenvalue weighted by Gasteiger charge is 2.31. The molecular weight excluding hydrogens is 270 g/mol. The number of hydrogen-bond donors (Lipinski definition) is 0. The molecule has 0 bridgehead atoms. The van der Waals surface area contributed by atoms with Gasteiger partial charge in [0, 0.05) is 6.54 Å². The van der Waals surface area contributed by atoms with E-state index in [1.165, 1.54) is 35.8 Å². The molecule has 0 amide bonds. The Kier molecular flexibility index (Phi) is 4.00. The lowest BCUT2D eigenvalue weighted by molar-refractivity contribution is 0.245. The van der Waals surface area contributed by atoms with Crippen molar-refractivity contribution in [2.24, 2.45) is 0 Å². The average molecular weight is 296 g/mol. The molecule has 0 N–H and O–H groups in total. The van der Waals surface area contributed by atoms with Crippen LogP contribution in [0, 0.1) is 0 Å². The summed E-state index contributed by atoms with van der Waals surface area (Å²) in [5.74, 6) is 0. The van der Waals surface area contributed by atoms with E-state index >= 15 is 0 Å². The Morgan fingerprint density at radius 2 is 1.62 bits per heavy atom. The van der Waals surface area contributed by atoms with Crippen LogP contribution in [0.2, 0.25) is 19.6 Å². The van der Waals surface area contributed by atoms with Gasteiger partial charge >= 0.3 is 0 Å². The largest absolute Gasteiger partial charge is 0.295 e. The zero-order chi connectivity index (χ0) is 14.9. The normalized spacial score (nSPS) is 19.3. The van der Waals surface area contributed by atoms with Crippen LogP contribution in [0.3, 0.4) is 0 Å². The fraction of sp³-hybridized carbons (Fsp3) is 0.368. The first-order valence-corrected chi connectivity index (χ1v) is 11.6. The smallest absolute Gasteiger partial charge is 0.0602 e. The Balaban J connectivity index is 2.03. The van der Waals surface area contributed by atoms with Crippen molar-refractivity contribution in [3.8, 4) is 0 Å². The second-order valence-electron chi connectivity index (χ2n) is 7.29. The van der Waals surface area contributed by atoms with Crippen LogP contribution in [0.15, 0.2) is 54.6 Å². The van der Waals surface area contributed by atoms with Gasteiger partial charge in [-0.15, -0.1) is 0 Å². The van der Waals surface area contributed by atoms with Crippen LogP contribution in [0.5, 0.6) is 0 Å². The molecular formula is C19H25NSi. The summed E-state index contributed by atoms with van der Waals surface area (Å²) >= 11 is 0. The molecule has 1 heterocycles. The molecule has 0 unspecified atom stereocenters. The van der Waals surface area contributed by atoms with E-state index in [2.05, 4.69) is 79.1 Å². The van der Waals surface area contributed by atoms with Gasteiger partial charge in [-0.05, 0) is 29.3 Å². The Morgan fingerprint density at radius 1 is 0.952 bits per heavy atom. The molecule has 21 heavy (non-hydrogen) atoms. The standard InChI is InChI=1S/C19H25NSi/c1-21(2,3)15-20-14-13-16-9-7-8-12-18(16)19(20)17-10-5-4-6-11-17/h4-12,19H,13-15H2,1-3H3/t19-/m1/s1. The topological polar surface area (TPSA) is 3.24 Å². The third kappa shape index (κ3) is 3.28. The molecule has 0 spiro atoms. The fourth-order valence-corrected chi connectivity index (χ4v) is 4.98. The van der Waals surface area contributed by atoms with Crippen LogP contribution in [0.1, 0.15) is 22.7 Å².